The van der Waals surface area contributed by atoms with Gasteiger partial charge in [0.15, 0.2) is 5.13 Å². The van der Waals surface area contributed by atoms with Crippen molar-refractivity contribution in [3.05, 3.63) is 59.2 Å². The molecule has 0 aliphatic heterocycles. The molecule has 0 spiro atoms. The summed E-state index contributed by atoms with van der Waals surface area (Å²) in [6.07, 6.45) is 1.79. The molecule has 116 valence electrons. The summed E-state index contributed by atoms with van der Waals surface area (Å²) < 4.78 is 0. The van der Waals surface area contributed by atoms with E-state index in [0.29, 0.717) is 10.9 Å². The van der Waals surface area contributed by atoms with Crippen LogP contribution in [-0.2, 0) is 11.2 Å². The van der Waals surface area contributed by atoms with Crippen LogP contribution in [0.4, 0.5) is 10.9 Å². The Kier molecular flexibility index (Phi) is 4.44. The van der Waals surface area contributed by atoms with Gasteiger partial charge in [-0.25, -0.2) is 4.98 Å². The summed E-state index contributed by atoms with van der Waals surface area (Å²) in [6, 6.07) is 11.0. The number of carbonyl (C=O) groups is 2. The average Bonchev–Trinajstić information content (AvgIpc) is 3.20. The normalized spacial score (nSPS) is 10.3. The number of H-pyrrole nitrogens is 1. The molecule has 2 amide bonds. The summed E-state index contributed by atoms with van der Waals surface area (Å²) in [5.41, 5.74) is 1.15. The number of carbonyl (C=O) groups excluding carboxylic acids is 2. The number of amides is 2. The number of nitrogens with zero attached hydrogens (tertiary/aromatic N) is 2. The molecule has 0 saturated carbocycles. The third-order valence-corrected chi connectivity index (χ3v) is 3.70. The number of anilines is 2. The highest BCUT2D eigenvalue weighted by atomic mass is 32.1. The van der Waals surface area contributed by atoms with E-state index in [1.54, 1.807) is 11.4 Å². The number of benzene rings is 1. The minimum absolute atomic E-state index is 0.175. The fourth-order valence-electron chi connectivity index (χ4n) is 1.89. The summed E-state index contributed by atoms with van der Waals surface area (Å²) in [4.78, 5) is 28.0. The van der Waals surface area contributed by atoms with Gasteiger partial charge in [0.1, 0.15) is 11.5 Å². The zero-order valence-corrected chi connectivity index (χ0v) is 12.8. The summed E-state index contributed by atoms with van der Waals surface area (Å²) in [5.74, 6) is -0.0576. The van der Waals surface area contributed by atoms with Crippen molar-refractivity contribution >= 4 is 34.1 Å². The van der Waals surface area contributed by atoms with Crippen LogP contribution in [0.25, 0.3) is 0 Å². The summed E-state index contributed by atoms with van der Waals surface area (Å²) >= 11 is 1.20. The van der Waals surface area contributed by atoms with E-state index in [1.807, 2.05) is 30.3 Å². The van der Waals surface area contributed by atoms with Crippen LogP contribution in [0, 0.1) is 0 Å². The van der Waals surface area contributed by atoms with Crippen molar-refractivity contribution in [1.29, 1.82) is 0 Å². The van der Waals surface area contributed by atoms with E-state index in [4.69, 9.17) is 0 Å². The van der Waals surface area contributed by atoms with Gasteiger partial charge in [0.05, 0.1) is 12.6 Å². The lowest BCUT2D eigenvalue weighted by atomic mass is 10.1. The molecule has 1 aromatic carbocycles. The highest BCUT2D eigenvalue weighted by Crippen LogP contribution is 2.17. The van der Waals surface area contributed by atoms with Gasteiger partial charge in [0.2, 0.25) is 5.91 Å². The lowest BCUT2D eigenvalue weighted by Gasteiger charge is -2.01. The van der Waals surface area contributed by atoms with E-state index in [1.165, 1.54) is 17.5 Å². The molecule has 2 heterocycles. The molecule has 0 bridgehead atoms. The predicted octanol–water partition coefficient (Wildman–Crippen LogP) is 2.30. The highest BCUT2D eigenvalue weighted by molar-refractivity contribution is 7.14. The number of hydrogen-bond acceptors (Lipinski definition) is 5. The smallest absolute Gasteiger partial charge is 0.276 e. The van der Waals surface area contributed by atoms with Crippen LogP contribution in [0.5, 0.6) is 0 Å². The van der Waals surface area contributed by atoms with Gasteiger partial charge in [-0.1, -0.05) is 30.3 Å². The van der Waals surface area contributed by atoms with Gasteiger partial charge < -0.3 is 10.6 Å². The Labute approximate surface area is 135 Å². The Morgan fingerprint density at radius 1 is 1.13 bits per heavy atom. The molecule has 0 aliphatic rings. The first kappa shape index (κ1) is 14.9. The average molecular weight is 327 g/mol. The maximum atomic E-state index is 12.0. The zero-order chi connectivity index (χ0) is 16.1. The Bertz CT molecular complexity index is 798. The van der Waals surface area contributed by atoms with Crippen LogP contribution in [0.1, 0.15) is 16.1 Å². The first-order valence-corrected chi connectivity index (χ1v) is 7.69. The molecule has 2 aromatic heterocycles. The van der Waals surface area contributed by atoms with Gasteiger partial charge in [0, 0.05) is 11.4 Å². The molecule has 0 aliphatic carbocycles. The Hall–Kier alpha value is -3.00. The molecule has 0 atom stereocenters. The van der Waals surface area contributed by atoms with Crippen molar-refractivity contribution in [3.8, 4) is 0 Å². The van der Waals surface area contributed by atoms with Gasteiger partial charge in [-0.3, -0.25) is 14.7 Å². The largest absolute Gasteiger partial charge is 0.306 e. The Balaban J connectivity index is 1.58. The molecule has 3 aromatic rings. The van der Waals surface area contributed by atoms with Crippen LogP contribution >= 0.6 is 11.3 Å². The first-order valence-electron chi connectivity index (χ1n) is 6.81. The summed E-state index contributed by atoms with van der Waals surface area (Å²) in [6.45, 7) is 0. The number of nitrogens with one attached hydrogen (secondary N) is 3. The molecule has 23 heavy (non-hydrogen) atoms. The molecule has 0 unspecified atom stereocenters. The molecular formula is C15H13N5O2S. The number of aromatic amines is 1. The molecule has 0 fully saturated rings. The maximum Gasteiger partial charge on any atom is 0.276 e. The van der Waals surface area contributed by atoms with Crippen LogP contribution in [0.15, 0.2) is 48.0 Å². The topological polar surface area (TPSA) is 99.8 Å². The van der Waals surface area contributed by atoms with E-state index in [2.05, 4.69) is 25.8 Å². The van der Waals surface area contributed by atoms with Crippen LogP contribution in [0.2, 0.25) is 0 Å². The summed E-state index contributed by atoms with van der Waals surface area (Å²) in [7, 11) is 0. The van der Waals surface area contributed by atoms with Gasteiger partial charge >= 0.3 is 0 Å². The molecule has 3 rings (SSSR count). The van der Waals surface area contributed by atoms with E-state index < -0.39 is 0 Å². The van der Waals surface area contributed by atoms with Crippen molar-refractivity contribution in [3.63, 3.8) is 0 Å². The molecular weight excluding hydrogens is 314 g/mol. The minimum atomic E-state index is -0.367. The predicted molar refractivity (Wildman–Crippen MR) is 87.4 cm³/mol. The van der Waals surface area contributed by atoms with Crippen molar-refractivity contribution in [1.82, 2.24) is 15.2 Å². The van der Waals surface area contributed by atoms with E-state index in [-0.39, 0.29) is 23.9 Å². The van der Waals surface area contributed by atoms with Crippen LogP contribution in [0.3, 0.4) is 0 Å². The fraction of sp³-hybridized carbons (Fsp3) is 0.0667. The van der Waals surface area contributed by atoms with Gasteiger partial charge in [-0.05, 0) is 5.56 Å². The van der Waals surface area contributed by atoms with Gasteiger partial charge in [0.25, 0.3) is 5.91 Å². The van der Waals surface area contributed by atoms with Crippen molar-refractivity contribution in [2.45, 2.75) is 6.42 Å². The van der Waals surface area contributed by atoms with E-state index in [0.717, 1.165) is 5.56 Å². The number of thiazole rings is 1. The molecule has 0 radical (unpaired) electrons. The molecule has 7 nitrogen and oxygen atoms in total. The second kappa shape index (κ2) is 6.84. The second-order valence-corrected chi connectivity index (χ2v) is 5.53. The van der Waals surface area contributed by atoms with Gasteiger partial charge in [-0.15, -0.1) is 11.3 Å². The minimum Gasteiger partial charge on any atom is -0.306 e. The third-order valence-electron chi connectivity index (χ3n) is 2.94. The fourth-order valence-corrected chi connectivity index (χ4v) is 2.60. The maximum absolute atomic E-state index is 12.0. The number of hydrogen-bond donors (Lipinski definition) is 3. The summed E-state index contributed by atoms with van der Waals surface area (Å²) in [5, 5.41) is 13.7. The number of aromatic nitrogens is 3. The van der Waals surface area contributed by atoms with Gasteiger partial charge in [-0.2, -0.15) is 5.10 Å². The lowest BCUT2D eigenvalue weighted by molar-refractivity contribution is -0.115. The van der Waals surface area contributed by atoms with E-state index in [9.17, 15) is 9.59 Å². The van der Waals surface area contributed by atoms with Crippen LogP contribution < -0.4 is 10.6 Å². The monoisotopic (exact) mass is 327 g/mol. The second-order valence-electron chi connectivity index (χ2n) is 4.67. The lowest BCUT2D eigenvalue weighted by Crippen LogP contribution is -2.15. The Morgan fingerprint density at radius 2 is 1.96 bits per heavy atom. The van der Waals surface area contributed by atoms with Crippen molar-refractivity contribution in [2.75, 3.05) is 10.6 Å². The SMILES string of the molecule is O=C(Cc1ccccc1)Nc1nc(C(=O)Nc2ccn[nH]2)cs1. The first-order chi connectivity index (χ1) is 11.2. The standard InChI is InChI=1S/C15H13N5O2S/c21-13(8-10-4-2-1-3-5-10)19-15-17-11(9-23-15)14(22)18-12-6-7-16-20-12/h1-7,9H,8H2,(H,17,19,21)(H2,16,18,20,22). The van der Waals surface area contributed by atoms with Crippen molar-refractivity contribution in [2.24, 2.45) is 0 Å². The Morgan fingerprint density at radius 3 is 2.70 bits per heavy atom. The third kappa shape index (κ3) is 4.01. The number of rotatable bonds is 5. The van der Waals surface area contributed by atoms with E-state index >= 15 is 0 Å². The zero-order valence-electron chi connectivity index (χ0n) is 11.9. The molecule has 8 heteroatoms. The molecule has 3 N–H and O–H groups in total. The highest BCUT2D eigenvalue weighted by Gasteiger charge is 2.13. The molecule has 0 saturated heterocycles. The quantitative estimate of drug-likeness (QED) is 0.669. The van der Waals surface area contributed by atoms with Crippen molar-refractivity contribution < 1.29 is 9.59 Å². The van der Waals surface area contributed by atoms with Crippen LogP contribution in [-0.4, -0.2) is 27.0 Å².